The molecule has 0 unspecified atom stereocenters. The third-order valence-electron chi connectivity index (χ3n) is 3.71. The number of carbonyl (C=O) groups excluding carboxylic acids is 1. The molecule has 0 radical (unpaired) electrons. The van der Waals surface area contributed by atoms with Gasteiger partial charge in [0.25, 0.3) is 5.91 Å². The lowest BCUT2D eigenvalue weighted by atomic mass is 10.1. The molecule has 1 aromatic heterocycles. The zero-order valence-electron chi connectivity index (χ0n) is 13.0. The van der Waals surface area contributed by atoms with Crippen LogP contribution in [0.1, 0.15) is 11.1 Å². The molecule has 0 fully saturated rings. The highest BCUT2D eigenvalue weighted by molar-refractivity contribution is 6.30. The summed E-state index contributed by atoms with van der Waals surface area (Å²) in [4.78, 5) is 18.4. The van der Waals surface area contributed by atoms with Crippen molar-refractivity contribution in [3.8, 4) is 5.75 Å². The Balaban J connectivity index is 1.82. The van der Waals surface area contributed by atoms with Crippen LogP contribution in [-0.4, -0.2) is 40.7 Å². The van der Waals surface area contributed by atoms with Gasteiger partial charge in [-0.25, -0.2) is 0 Å². The molecular weight excluding hydrogens is 328 g/mol. The first-order chi connectivity index (χ1) is 11.7. The lowest BCUT2D eigenvalue weighted by Crippen LogP contribution is -2.36. The van der Waals surface area contributed by atoms with E-state index in [1.165, 1.54) is 0 Å². The molecule has 1 aliphatic heterocycles. The second kappa shape index (κ2) is 7.47. The number of benzene rings is 1. The van der Waals surface area contributed by atoms with E-state index >= 15 is 0 Å². The minimum absolute atomic E-state index is 0.109. The van der Waals surface area contributed by atoms with E-state index < -0.39 is 0 Å². The molecule has 0 bridgehead atoms. The van der Waals surface area contributed by atoms with E-state index in [4.69, 9.17) is 16.3 Å². The molecule has 1 N–H and O–H groups in total. The first-order valence-electron chi connectivity index (χ1n) is 7.59. The van der Waals surface area contributed by atoms with Crippen LogP contribution in [0.5, 0.6) is 5.75 Å². The number of aliphatic hydroxyl groups is 1. The number of carbonyl (C=O) groups is 1. The minimum Gasteiger partial charge on any atom is -0.488 e. The van der Waals surface area contributed by atoms with Gasteiger partial charge < -0.3 is 14.7 Å². The fraction of sp³-hybridized carbons (Fsp3) is 0.222. The number of ether oxygens (including phenoxy) is 1. The molecule has 1 amide bonds. The lowest BCUT2D eigenvalue weighted by molar-refractivity contribution is -0.128. The lowest BCUT2D eigenvalue weighted by Gasteiger charge is -2.25. The predicted molar refractivity (Wildman–Crippen MR) is 91.7 cm³/mol. The average molecular weight is 345 g/mol. The van der Waals surface area contributed by atoms with Crippen LogP contribution >= 0.6 is 11.6 Å². The normalized spacial score (nSPS) is 12.8. The van der Waals surface area contributed by atoms with Gasteiger partial charge >= 0.3 is 0 Å². The number of rotatable bonds is 5. The fourth-order valence-corrected chi connectivity index (χ4v) is 2.74. The Morgan fingerprint density at radius 2 is 2.25 bits per heavy atom. The molecule has 5 nitrogen and oxygen atoms in total. The van der Waals surface area contributed by atoms with Crippen molar-refractivity contribution < 1.29 is 14.6 Å². The Bertz CT molecular complexity index is 762. The Labute approximate surface area is 145 Å². The van der Waals surface area contributed by atoms with Crippen LogP contribution in [-0.2, 0) is 11.3 Å². The van der Waals surface area contributed by atoms with Gasteiger partial charge in [0, 0.05) is 36.1 Å². The molecule has 2 heterocycles. The van der Waals surface area contributed by atoms with Crippen LogP contribution in [0.2, 0.25) is 5.02 Å². The van der Waals surface area contributed by atoms with Crippen molar-refractivity contribution in [1.29, 1.82) is 0 Å². The van der Waals surface area contributed by atoms with E-state index in [-0.39, 0.29) is 25.7 Å². The molecule has 3 rings (SSSR count). The Kier molecular flexibility index (Phi) is 5.13. The highest BCUT2D eigenvalue weighted by Crippen LogP contribution is 2.29. The monoisotopic (exact) mass is 344 g/mol. The third-order valence-corrected chi connectivity index (χ3v) is 3.95. The number of aromatic nitrogens is 1. The predicted octanol–water partition coefficient (Wildman–Crippen LogP) is 2.53. The van der Waals surface area contributed by atoms with Gasteiger partial charge in [-0.15, -0.1) is 0 Å². The molecule has 24 heavy (non-hydrogen) atoms. The van der Waals surface area contributed by atoms with Gasteiger partial charge in [0.05, 0.1) is 12.2 Å². The quantitative estimate of drug-likeness (QED) is 0.905. The number of fused-ring (bicyclic) bond motifs is 1. The summed E-state index contributed by atoms with van der Waals surface area (Å²) < 4.78 is 5.64. The molecule has 2 aromatic rings. The van der Waals surface area contributed by atoms with E-state index in [0.29, 0.717) is 22.9 Å². The maximum atomic E-state index is 12.8. The summed E-state index contributed by atoms with van der Waals surface area (Å²) in [5.74, 6) is 0.537. The van der Waals surface area contributed by atoms with E-state index in [0.717, 1.165) is 11.1 Å². The number of aliphatic hydroxyl groups excluding tert-OH is 1. The zero-order chi connectivity index (χ0) is 16.9. The second-order valence-electron chi connectivity index (χ2n) is 5.45. The van der Waals surface area contributed by atoms with Crippen LogP contribution in [0.15, 0.2) is 48.3 Å². The Hall–Kier alpha value is -2.37. The number of hydrogen-bond acceptors (Lipinski definition) is 4. The highest BCUT2D eigenvalue weighted by Gasteiger charge is 2.22. The standard InChI is InChI=1S/C18H17ClN2O3/c19-16-3-4-17-14(9-16)8-15(12-24-17)18(23)21(6-7-22)11-13-2-1-5-20-10-13/h1-5,8-10,22H,6-7,11-12H2. The van der Waals surface area contributed by atoms with Crippen molar-refractivity contribution in [2.45, 2.75) is 6.54 Å². The molecule has 0 saturated carbocycles. The highest BCUT2D eigenvalue weighted by atomic mass is 35.5. The maximum Gasteiger partial charge on any atom is 0.253 e. The topological polar surface area (TPSA) is 62.7 Å². The maximum absolute atomic E-state index is 12.8. The Morgan fingerprint density at radius 3 is 3.00 bits per heavy atom. The van der Waals surface area contributed by atoms with Gasteiger partial charge in [-0.05, 0) is 35.9 Å². The summed E-state index contributed by atoms with van der Waals surface area (Å²) >= 11 is 6.00. The van der Waals surface area contributed by atoms with Gasteiger partial charge in [-0.3, -0.25) is 9.78 Å². The molecule has 0 saturated heterocycles. The Morgan fingerprint density at radius 1 is 1.38 bits per heavy atom. The van der Waals surface area contributed by atoms with E-state index in [2.05, 4.69) is 4.98 Å². The minimum atomic E-state index is -0.168. The van der Waals surface area contributed by atoms with Gasteiger partial charge in [0.1, 0.15) is 12.4 Å². The molecule has 1 aromatic carbocycles. The van der Waals surface area contributed by atoms with E-state index in [9.17, 15) is 9.90 Å². The summed E-state index contributed by atoms with van der Waals surface area (Å²) in [7, 11) is 0. The number of amides is 1. The molecule has 0 spiro atoms. The van der Waals surface area contributed by atoms with E-state index in [1.807, 2.05) is 12.1 Å². The van der Waals surface area contributed by atoms with Gasteiger partial charge in [0.2, 0.25) is 0 Å². The number of halogens is 1. The SMILES string of the molecule is O=C(C1=Cc2cc(Cl)ccc2OC1)N(CCO)Cc1cccnc1. The van der Waals surface area contributed by atoms with Crippen molar-refractivity contribution in [3.05, 3.63) is 64.4 Å². The average Bonchev–Trinajstić information content (AvgIpc) is 2.61. The third kappa shape index (κ3) is 3.75. The van der Waals surface area contributed by atoms with Crippen LogP contribution in [0.4, 0.5) is 0 Å². The smallest absolute Gasteiger partial charge is 0.253 e. The summed E-state index contributed by atoms with van der Waals surface area (Å²) in [5.41, 5.74) is 2.21. The molecule has 0 atom stereocenters. The van der Waals surface area contributed by atoms with Gasteiger partial charge in [0.15, 0.2) is 0 Å². The summed E-state index contributed by atoms with van der Waals surface area (Å²) in [5, 5.41) is 9.87. The molecular formula is C18H17ClN2O3. The number of hydrogen-bond donors (Lipinski definition) is 1. The molecule has 1 aliphatic rings. The van der Waals surface area contributed by atoms with Crippen molar-refractivity contribution >= 4 is 23.6 Å². The van der Waals surface area contributed by atoms with Crippen molar-refractivity contribution in [3.63, 3.8) is 0 Å². The largest absolute Gasteiger partial charge is 0.488 e. The first kappa shape index (κ1) is 16.5. The number of pyridine rings is 1. The molecule has 124 valence electrons. The second-order valence-corrected chi connectivity index (χ2v) is 5.89. The fourth-order valence-electron chi connectivity index (χ4n) is 2.56. The van der Waals surface area contributed by atoms with Crippen LogP contribution in [0.25, 0.3) is 6.08 Å². The first-order valence-corrected chi connectivity index (χ1v) is 7.97. The summed E-state index contributed by atoms with van der Waals surface area (Å²) in [6.45, 7) is 0.714. The summed E-state index contributed by atoms with van der Waals surface area (Å²) in [6, 6.07) is 9.02. The van der Waals surface area contributed by atoms with Gasteiger partial charge in [-0.1, -0.05) is 17.7 Å². The van der Waals surface area contributed by atoms with Crippen molar-refractivity contribution in [2.75, 3.05) is 19.8 Å². The molecule has 0 aliphatic carbocycles. The van der Waals surface area contributed by atoms with Crippen LogP contribution in [0.3, 0.4) is 0 Å². The van der Waals surface area contributed by atoms with E-state index in [1.54, 1.807) is 41.6 Å². The van der Waals surface area contributed by atoms with Gasteiger partial charge in [-0.2, -0.15) is 0 Å². The number of nitrogens with zero attached hydrogens (tertiary/aromatic N) is 2. The van der Waals surface area contributed by atoms with Crippen molar-refractivity contribution in [2.24, 2.45) is 0 Å². The summed E-state index contributed by atoms with van der Waals surface area (Å²) in [6.07, 6.45) is 5.18. The van der Waals surface area contributed by atoms with Crippen LogP contribution < -0.4 is 4.74 Å². The van der Waals surface area contributed by atoms with Crippen molar-refractivity contribution in [1.82, 2.24) is 9.88 Å². The van der Waals surface area contributed by atoms with Crippen LogP contribution in [0, 0.1) is 0 Å². The zero-order valence-corrected chi connectivity index (χ0v) is 13.7. The molecule has 6 heteroatoms.